The Bertz CT molecular complexity index is 991. The Balaban J connectivity index is 1.62. The number of ketones is 1. The zero-order valence-corrected chi connectivity index (χ0v) is 16.0. The van der Waals surface area contributed by atoms with Crippen LogP contribution in [0.25, 0.3) is 0 Å². The lowest BCUT2D eigenvalue weighted by molar-refractivity contribution is -0.118. The molecule has 28 heavy (non-hydrogen) atoms. The van der Waals surface area contributed by atoms with Crippen LogP contribution in [0.1, 0.15) is 23.1 Å². The molecule has 0 bridgehead atoms. The van der Waals surface area contributed by atoms with Crippen molar-refractivity contribution in [3.63, 3.8) is 0 Å². The summed E-state index contributed by atoms with van der Waals surface area (Å²) < 4.78 is 7.37. The summed E-state index contributed by atoms with van der Waals surface area (Å²) in [7, 11) is 0. The molecule has 0 saturated heterocycles. The second-order valence-electron chi connectivity index (χ2n) is 6.25. The molecule has 4 rings (SSSR count). The Labute approximate surface area is 166 Å². The Morgan fingerprint density at radius 1 is 1.11 bits per heavy atom. The lowest BCUT2D eigenvalue weighted by atomic mass is 10.1. The van der Waals surface area contributed by atoms with Gasteiger partial charge in [-0.15, -0.1) is 10.2 Å². The molecule has 0 spiro atoms. The van der Waals surface area contributed by atoms with Crippen LogP contribution in [0.4, 0.5) is 0 Å². The van der Waals surface area contributed by atoms with E-state index in [-0.39, 0.29) is 24.1 Å². The van der Waals surface area contributed by atoms with Crippen molar-refractivity contribution in [2.75, 3.05) is 10.8 Å². The van der Waals surface area contributed by atoms with E-state index in [0.29, 0.717) is 22.3 Å². The monoisotopic (exact) mass is 394 g/mol. The molecule has 2 heterocycles. The minimum absolute atomic E-state index is 0.133. The normalized spacial score (nSPS) is 14.5. The van der Waals surface area contributed by atoms with E-state index < -0.39 is 6.04 Å². The highest BCUT2D eigenvalue weighted by molar-refractivity contribution is 7.99. The third-order valence-corrected chi connectivity index (χ3v) is 5.29. The summed E-state index contributed by atoms with van der Waals surface area (Å²) in [5.74, 6) is 1.05. The van der Waals surface area contributed by atoms with Crippen LogP contribution in [-0.2, 0) is 11.4 Å². The van der Waals surface area contributed by atoms with Gasteiger partial charge in [0.1, 0.15) is 18.4 Å². The minimum Gasteiger partial charge on any atom is -0.486 e. The predicted octanol–water partition coefficient (Wildman–Crippen LogP) is 2.70. The van der Waals surface area contributed by atoms with Gasteiger partial charge in [0.2, 0.25) is 5.16 Å². The summed E-state index contributed by atoms with van der Waals surface area (Å²) in [6, 6.07) is 17.6. The van der Waals surface area contributed by atoms with E-state index >= 15 is 0 Å². The lowest BCUT2D eigenvalue weighted by Crippen LogP contribution is -2.54. The topological polar surface area (TPSA) is 77.3 Å². The molecule has 142 valence electrons. The molecular weight excluding hydrogens is 376 g/mol. The van der Waals surface area contributed by atoms with Crippen LogP contribution in [-0.4, -0.2) is 38.4 Å². The molecule has 1 atom stereocenters. The van der Waals surface area contributed by atoms with E-state index in [1.165, 1.54) is 16.8 Å². The first-order chi connectivity index (χ1) is 13.6. The molecule has 0 saturated carbocycles. The third kappa shape index (κ3) is 3.50. The van der Waals surface area contributed by atoms with Crippen molar-refractivity contribution in [3.8, 4) is 5.75 Å². The zero-order chi connectivity index (χ0) is 19.5. The number of amides is 1. The fourth-order valence-corrected chi connectivity index (χ4v) is 3.80. The number of fused-ring (bicyclic) bond motifs is 1. The SMILES string of the molecule is CC(C(=O)c1ccccc1)N1C(=O)CSc2nnc(COc3ccccc3)n21. The van der Waals surface area contributed by atoms with E-state index in [1.807, 2.05) is 36.4 Å². The fourth-order valence-electron chi connectivity index (χ4n) is 3.00. The van der Waals surface area contributed by atoms with Crippen LogP contribution in [0.3, 0.4) is 0 Å². The lowest BCUT2D eigenvalue weighted by Gasteiger charge is -2.33. The summed E-state index contributed by atoms with van der Waals surface area (Å²) in [6.07, 6.45) is 0. The van der Waals surface area contributed by atoms with Crippen molar-refractivity contribution in [2.45, 2.75) is 24.7 Å². The highest BCUT2D eigenvalue weighted by Gasteiger charge is 2.35. The minimum atomic E-state index is -0.693. The summed E-state index contributed by atoms with van der Waals surface area (Å²) in [5, 5.41) is 10.3. The first-order valence-corrected chi connectivity index (χ1v) is 9.80. The molecule has 0 radical (unpaired) electrons. The maximum absolute atomic E-state index is 12.9. The largest absolute Gasteiger partial charge is 0.486 e. The number of para-hydroxylation sites is 1. The van der Waals surface area contributed by atoms with Crippen molar-refractivity contribution >= 4 is 23.5 Å². The van der Waals surface area contributed by atoms with Crippen molar-refractivity contribution in [1.29, 1.82) is 0 Å². The number of benzene rings is 2. The van der Waals surface area contributed by atoms with Crippen molar-refractivity contribution < 1.29 is 14.3 Å². The van der Waals surface area contributed by atoms with E-state index in [9.17, 15) is 9.59 Å². The van der Waals surface area contributed by atoms with Gasteiger partial charge in [-0.2, -0.15) is 0 Å². The van der Waals surface area contributed by atoms with Crippen LogP contribution < -0.4 is 9.75 Å². The number of rotatable bonds is 6. The first-order valence-electron chi connectivity index (χ1n) is 8.81. The van der Waals surface area contributed by atoms with E-state index in [2.05, 4.69) is 10.2 Å². The number of aromatic nitrogens is 3. The standard InChI is InChI=1S/C20H18N4O3S/c1-14(19(26)15-8-4-2-5-9-15)23-18(25)13-28-20-22-21-17(24(20)23)12-27-16-10-6-3-7-11-16/h2-11,14H,12-13H2,1H3. The number of nitrogens with zero attached hydrogens (tertiary/aromatic N) is 4. The van der Waals surface area contributed by atoms with Crippen molar-refractivity contribution in [1.82, 2.24) is 14.9 Å². The molecule has 2 aromatic carbocycles. The van der Waals surface area contributed by atoms with Gasteiger partial charge in [0, 0.05) is 5.56 Å². The van der Waals surface area contributed by atoms with Gasteiger partial charge in [-0.3, -0.25) is 9.59 Å². The maximum Gasteiger partial charge on any atom is 0.252 e. The Kier molecular flexibility index (Phi) is 5.12. The molecule has 0 N–H and O–H groups in total. The van der Waals surface area contributed by atoms with E-state index in [1.54, 1.807) is 35.9 Å². The van der Waals surface area contributed by atoms with Crippen LogP contribution in [0.5, 0.6) is 5.75 Å². The predicted molar refractivity (Wildman–Crippen MR) is 105 cm³/mol. The smallest absolute Gasteiger partial charge is 0.252 e. The van der Waals surface area contributed by atoms with Gasteiger partial charge in [0.05, 0.1) is 5.75 Å². The molecule has 0 aliphatic carbocycles. The number of hydrogen-bond acceptors (Lipinski definition) is 6. The van der Waals surface area contributed by atoms with Crippen molar-refractivity contribution in [2.24, 2.45) is 0 Å². The van der Waals surface area contributed by atoms with Crippen LogP contribution in [0.15, 0.2) is 65.8 Å². The van der Waals surface area contributed by atoms with Crippen LogP contribution in [0, 0.1) is 0 Å². The molecule has 1 unspecified atom stereocenters. The molecule has 1 aliphatic heterocycles. The summed E-state index contributed by atoms with van der Waals surface area (Å²) in [6.45, 7) is 1.85. The Morgan fingerprint density at radius 3 is 2.50 bits per heavy atom. The molecule has 1 amide bonds. The molecule has 7 nitrogen and oxygen atoms in total. The Hall–Kier alpha value is -3.13. The number of ether oxygens (including phenoxy) is 1. The number of hydrogen-bond donors (Lipinski definition) is 0. The van der Waals surface area contributed by atoms with Crippen LogP contribution in [0.2, 0.25) is 0 Å². The van der Waals surface area contributed by atoms with Gasteiger partial charge in [-0.25, -0.2) is 9.69 Å². The average Bonchev–Trinajstić information content (AvgIpc) is 3.15. The third-order valence-electron chi connectivity index (χ3n) is 4.39. The average molecular weight is 394 g/mol. The number of Topliss-reactive ketones (excluding diaryl/α,β-unsaturated/α-hetero) is 1. The molecule has 0 fully saturated rings. The fraction of sp³-hybridized carbons (Fsp3) is 0.200. The first kappa shape index (κ1) is 18.2. The van der Waals surface area contributed by atoms with Gasteiger partial charge in [0.25, 0.3) is 5.91 Å². The summed E-state index contributed by atoms with van der Waals surface area (Å²) in [4.78, 5) is 25.6. The number of carbonyl (C=O) groups excluding carboxylic acids is 2. The molecule has 1 aliphatic rings. The van der Waals surface area contributed by atoms with Gasteiger partial charge < -0.3 is 4.74 Å². The second kappa shape index (κ2) is 7.85. The number of carbonyl (C=O) groups is 2. The molecule has 3 aromatic rings. The van der Waals surface area contributed by atoms with Gasteiger partial charge >= 0.3 is 0 Å². The summed E-state index contributed by atoms with van der Waals surface area (Å²) in [5.41, 5.74) is 0.553. The van der Waals surface area contributed by atoms with Gasteiger partial charge in [-0.05, 0) is 19.1 Å². The maximum atomic E-state index is 12.9. The Morgan fingerprint density at radius 2 is 1.79 bits per heavy atom. The molecular formula is C20H18N4O3S. The highest BCUT2D eigenvalue weighted by atomic mass is 32.2. The summed E-state index contributed by atoms with van der Waals surface area (Å²) >= 11 is 1.30. The quantitative estimate of drug-likeness (QED) is 0.598. The molecule has 1 aromatic heterocycles. The zero-order valence-electron chi connectivity index (χ0n) is 15.2. The van der Waals surface area contributed by atoms with Crippen molar-refractivity contribution in [3.05, 3.63) is 72.1 Å². The van der Waals surface area contributed by atoms with E-state index in [0.717, 1.165) is 0 Å². The van der Waals surface area contributed by atoms with E-state index in [4.69, 9.17) is 4.74 Å². The second-order valence-corrected chi connectivity index (χ2v) is 7.19. The van der Waals surface area contributed by atoms with Gasteiger partial charge in [0.15, 0.2) is 11.6 Å². The van der Waals surface area contributed by atoms with Gasteiger partial charge in [-0.1, -0.05) is 60.3 Å². The highest BCUT2D eigenvalue weighted by Crippen LogP contribution is 2.26. The van der Waals surface area contributed by atoms with Crippen LogP contribution >= 0.6 is 11.8 Å². The number of thioether (sulfide) groups is 1. The molecule has 8 heteroatoms.